The Morgan fingerprint density at radius 1 is 0.900 bits per heavy atom. The van der Waals surface area contributed by atoms with E-state index in [2.05, 4.69) is 23.8 Å². The van der Waals surface area contributed by atoms with Gasteiger partial charge in [0.15, 0.2) is 0 Å². The highest BCUT2D eigenvalue weighted by atomic mass is 19.3. The summed E-state index contributed by atoms with van der Waals surface area (Å²) in [6, 6.07) is 4.78. The molecule has 2 heterocycles. The molecule has 3 rings (SSSR count). The summed E-state index contributed by atoms with van der Waals surface area (Å²) in [6.45, 7) is 4.30. The van der Waals surface area contributed by atoms with Crippen LogP contribution in [0.15, 0.2) is 24.4 Å². The van der Waals surface area contributed by atoms with Gasteiger partial charge in [-0.15, -0.1) is 0 Å². The van der Waals surface area contributed by atoms with Crippen molar-refractivity contribution < 1.29 is 22.3 Å². The summed E-state index contributed by atoms with van der Waals surface area (Å²) >= 11 is 0. The van der Waals surface area contributed by atoms with Gasteiger partial charge in [0, 0.05) is 5.92 Å². The number of alkyl halides is 3. The van der Waals surface area contributed by atoms with E-state index in [1.54, 1.807) is 12.1 Å². The first-order valence-corrected chi connectivity index (χ1v) is 15.7. The fourth-order valence-electron chi connectivity index (χ4n) is 5.67. The first kappa shape index (κ1) is 32.3. The van der Waals surface area contributed by atoms with Crippen LogP contribution < -0.4 is 4.74 Å². The summed E-state index contributed by atoms with van der Waals surface area (Å²) < 4.78 is 65.4. The van der Waals surface area contributed by atoms with Crippen LogP contribution in [0.3, 0.4) is 0 Å². The lowest BCUT2D eigenvalue weighted by Crippen LogP contribution is -2.33. The highest BCUT2D eigenvalue weighted by Crippen LogP contribution is 2.47. The lowest BCUT2D eigenvalue weighted by molar-refractivity contribution is -0.0824. The molecule has 0 saturated carbocycles. The number of rotatable bonds is 19. The topological polar surface area (TPSA) is 35.0 Å². The zero-order chi connectivity index (χ0) is 28.8. The maximum Gasteiger partial charge on any atom is 0.280 e. The van der Waals surface area contributed by atoms with Crippen molar-refractivity contribution in [3.8, 4) is 17.1 Å². The zero-order valence-electron chi connectivity index (χ0n) is 24.5. The van der Waals surface area contributed by atoms with Crippen LogP contribution in [-0.2, 0) is 12.3 Å². The fraction of sp³-hybridized carbons (Fsp3) is 0.697. The van der Waals surface area contributed by atoms with Crippen LogP contribution in [0.2, 0.25) is 0 Å². The summed E-state index contributed by atoms with van der Waals surface area (Å²) in [5.41, 5.74) is 0.345. The van der Waals surface area contributed by atoms with E-state index < -0.39 is 29.5 Å². The van der Waals surface area contributed by atoms with Crippen molar-refractivity contribution in [2.24, 2.45) is 5.92 Å². The SMILES string of the molecule is CCCCCCCCCC1CCc2cc(-c3ccc(OCC(F)CCCCCCCC)cn3)nc(F)c2C1(F)F. The largest absolute Gasteiger partial charge is 0.489 e. The summed E-state index contributed by atoms with van der Waals surface area (Å²) in [6.07, 6.45) is 16.2. The van der Waals surface area contributed by atoms with Crippen LogP contribution in [0, 0.1) is 11.9 Å². The molecule has 0 aromatic carbocycles. The summed E-state index contributed by atoms with van der Waals surface area (Å²) in [5, 5.41) is 0. The van der Waals surface area contributed by atoms with E-state index in [0.29, 0.717) is 42.7 Å². The molecular formula is C33H48F4N2O. The Kier molecular flexibility index (Phi) is 13.7. The molecule has 0 fully saturated rings. The average Bonchev–Trinajstić information content (AvgIpc) is 2.94. The summed E-state index contributed by atoms with van der Waals surface area (Å²) in [4.78, 5) is 8.16. The zero-order valence-corrected chi connectivity index (χ0v) is 24.5. The molecule has 0 spiro atoms. The number of ether oxygens (including phenoxy) is 1. The molecule has 0 radical (unpaired) electrons. The van der Waals surface area contributed by atoms with Crippen molar-refractivity contribution >= 4 is 0 Å². The van der Waals surface area contributed by atoms with Gasteiger partial charge in [0.2, 0.25) is 5.95 Å². The Balaban J connectivity index is 1.51. The minimum absolute atomic E-state index is 0.0448. The molecule has 0 N–H and O–H groups in total. The third kappa shape index (κ3) is 9.73. The molecule has 2 atom stereocenters. The van der Waals surface area contributed by atoms with Gasteiger partial charge in [0.05, 0.1) is 23.1 Å². The Hall–Kier alpha value is -2.18. The third-order valence-electron chi connectivity index (χ3n) is 8.12. The quantitative estimate of drug-likeness (QED) is 0.0967. The number of hydrogen-bond acceptors (Lipinski definition) is 3. The monoisotopic (exact) mass is 564 g/mol. The predicted molar refractivity (Wildman–Crippen MR) is 154 cm³/mol. The Morgan fingerprint density at radius 3 is 2.20 bits per heavy atom. The van der Waals surface area contributed by atoms with Crippen molar-refractivity contribution in [1.29, 1.82) is 0 Å². The molecule has 0 bridgehead atoms. The number of hydrogen-bond donors (Lipinski definition) is 0. The first-order chi connectivity index (χ1) is 19.4. The van der Waals surface area contributed by atoms with Crippen molar-refractivity contribution in [3.63, 3.8) is 0 Å². The lowest BCUT2D eigenvalue weighted by atomic mass is 9.78. The number of pyridine rings is 2. The van der Waals surface area contributed by atoms with Crippen molar-refractivity contribution in [2.75, 3.05) is 6.61 Å². The minimum Gasteiger partial charge on any atom is -0.489 e. The van der Waals surface area contributed by atoms with Crippen LogP contribution in [0.4, 0.5) is 17.6 Å². The van der Waals surface area contributed by atoms with Gasteiger partial charge in [-0.1, -0.05) is 97.3 Å². The maximum absolute atomic E-state index is 15.3. The molecule has 1 aliphatic rings. The van der Waals surface area contributed by atoms with Gasteiger partial charge in [0.25, 0.3) is 5.92 Å². The highest BCUT2D eigenvalue weighted by Gasteiger charge is 2.47. The van der Waals surface area contributed by atoms with Crippen LogP contribution in [0.5, 0.6) is 5.75 Å². The summed E-state index contributed by atoms with van der Waals surface area (Å²) in [5.74, 6) is -4.78. The molecular weight excluding hydrogens is 516 g/mol. The number of unbranched alkanes of at least 4 members (excludes halogenated alkanes) is 11. The van der Waals surface area contributed by atoms with E-state index in [9.17, 15) is 4.39 Å². The summed E-state index contributed by atoms with van der Waals surface area (Å²) in [7, 11) is 0. The van der Waals surface area contributed by atoms with Crippen LogP contribution in [0.1, 0.15) is 128 Å². The van der Waals surface area contributed by atoms with E-state index in [1.165, 1.54) is 50.8 Å². The molecule has 1 aliphatic carbocycles. The number of nitrogens with zero attached hydrogens (tertiary/aromatic N) is 2. The Morgan fingerprint density at radius 2 is 1.55 bits per heavy atom. The van der Waals surface area contributed by atoms with Gasteiger partial charge >= 0.3 is 0 Å². The smallest absolute Gasteiger partial charge is 0.280 e. The van der Waals surface area contributed by atoms with E-state index in [4.69, 9.17) is 4.74 Å². The second kappa shape index (κ2) is 16.9. The van der Waals surface area contributed by atoms with Gasteiger partial charge in [0.1, 0.15) is 18.5 Å². The van der Waals surface area contributed by atoms with Crippen molar-refractivity contribution in [1.82, 2.24) is 9.97 Å². The highest BCUT2D eigenvalue weighted by molar-refractivity contribution is 5.57. The first-order valence-electron chi connectivity index (χ1n) is 15.7. The van der Waals surface area contributed by atoms with Crippen molar-refractivity contribution in [2.45, 2.75) is 135 Å². The maximum atomic E-state index is 15.3. The molecule has 2 aromatic rings. The molecule has 0 aliphatic heterocycles. The normalized spacial score (nSPS) is 17.0. The number of halogens is 4. The molecule has 3 nitrogen and oxygen atoms in total. The molecule has 0 saturated heterocycles. The molecule has 2 unspecified atom stereocenters. The third-order valence-corrected chi connectivity index (χ3v) is 8.12. The fourth-order valence-corrected chi connectivity index (χ4v) is 5.67. The van der Waals surface area contributed by atoms with E-state index in [0.717, 1.165) is 44.9 Å². The molecule has 7 heteroatoms. The second-order valence-electron chi connectivity index (χ2n) is 11.4. The van der Waals surface area contributed by atoms with E-state index in [1.807, 2.05) is 0 Å². The van der Waals surface area contributed by atoms with Gasteiger partial charge in [-0.25, -0.2) is 18.2 Å². The van der Waals surface area contributed by atoms with Crippen LogP contribution >= 0.6 is 0 Å². The van der Waals surface area contributed by atoms with Crippen LogP contribution in [-0.4, -0.2) is 22.7 Å². The second-order valence-corrected chi connectivity index (χ2v) is 11.4. The standard InChI is InChI=1S/C33H48F4N2O/c1-3-5-7-9-11-12-14-16-26-19-18-25-22-30(39-32(35)31(25)33(26,36)37)29-21-20-28(23-38-29)40-24-27(34)17-15-13-10-8-6-4-2/h20-23,26-27H,3-19,24H2,1-2H3. The van der Waals surface area contributed by atoms with Gasteiger partial charge in [-0.2, -0.15) is 4.39 Å². The molecule has 0 amide bonds. The Labute approximate surface area is 238 Å². The predicted octanol–water partition coefficient (Wildman–Crippen LogP) is 10.5. The van der Waals surface area contributed by atoms with E-state index in [-0.39, 0.29) is 12.3 Å². The van der Waals surface area contributed by atoms with Crippen LogP contribution in [0.25, 0.3) is 11.4 Å². The van der Waals surface area contributed by atoms with Gasteiger partial charge < -0.3 is 4.74 Å². The average molecular weight is 565 g/mol. The van der Waals surface area contributed by atoms with Gasteiger partial charge in [-0.3, -0.25) is 4.98 Å². The number of aromatic nitrogens is 2. The van der Waals surface area contributed by atoms with Crippen molar-refractivity contribution in [3.05, 3.63) is 41.5 Å². The van der Waals surface area contributed by atoms with Gasteiger partial charge in [-0.05, 0) is 49.4 Å². The Bertz CT molecular complexity index is 999. The molecule has 2 aromatic heterocycles. The number of fused-ring (bicyclic) bond motifs is 1. The van der Waals surface area contributed by atoms with E-state index >= 15 is 13.2 Å². The lowest BCUT2D eigenvalue weighted by Gasteiger charge is -2.33. The number of aryl methyl sites for hydroxylation is 1. The molecule has 224 valence electrons. The molecule has 40 heavy (non-hydrogen) atoms. The minimum atomic E-state index is -3.23.